The highest BCUT2D eigenvalue weighted by Crippen LogP contribution is 2.45. The number of carbonyl (C=O) groups is 2. The van der Waals surface area contributed by atoms with Crippen molar-refractivity contribution in [1.29, 1.82) is 0 Å². The molecule has 2 aliphatic rings. The third-order valence-corrected chi connectivity index (χ3v) is 6.07. The van der Waals surface area contributed by atoms with Gasteiger partial charge in [0, 0.05) is 18.9 Å². The average molecular weight is 399 g/mol. The minimum absolute atomic E-state index is 0.0105. The smallest absolute Gasteiger partial charge is 0.303 e. The van der Waals surface area contributed by atoms with Gasteiger partial charge in [0.05, 0.1) is 23.7 Å². The van der Waals surface area contributed by atoms with Crippen molar-refractivity contribution in [3.05, 3.63) is 0 Å². The highest BCUT2D eigenvalue weighted by molar-refractivity contribution is 7.80. The van der Waals surface area contributed by atoms with Crippen molar-refractivity contribution in [2.75, 3.05) is 13.1 Å². The number of fused-ring (bicyclic) bond motifs is 2. The Labute approximate surface area is 167 Å². The number of carboxylic acid groups (broad SMARTS) is 1. The molecule has 0 radical (unpaired) electrons. The van der Waals surface area contributed by atoms with Crippen LogP contribution in [0.25, 0.3) is 0 Å². The minimum atomic E-state index is -0.711. The van der Waals surface area contributed by atoms with Gasteiger partial charge in [-0.05, 0) is 44.4 Å². The zero-order valence-corrected chi connectivity index (χ0v) is 17.2. The zero-order valence-electron chi connectivity index (χ0n) is 16.4. The number of hydrogen-bond donors (Lipinski definition) is 3. The number of amides is 1. The van der Waals surface area contributed by atoms with Crippen LogP contribution in [0.1, 0.15) is 71.1 Å². The monoisotopic (exact) mass is 398 g/mol. The molecule has 2 heterocycles. The van der Waals surface area contributed by atoms with E-state index in [0.29, 0.717) is 24.5 Å². The Balaban J connectivity index is 1.67. The van der Waals surface area contributed by atoms with Gasteiger partial charge < -0.3 is 20.5 Å². The van der Waals surface area contributed by atoms with E-state index in [1.165, 1.54) is 0 Å². The van der Waals surface area contributed by atoms with Crippen LogP contribution in [-0.4, -0.2) is 47.3 Å². The first kappa shape index (κ1) is 22.1. The summed E-state index contributed by atoms with van der Waals surface area (Å²) in [6, 6.07) is 0. The Kier molecular flexibility index (Phi) is 9.48. The summed E-state index contributed by atoms with van der Waals surface area (Å²) in [5.41, 5.74) is 0. The number of aliphatic carboxylic acids is 1. The van der Waals surface area contributed by atoms with Crippen LogP contribution in [0.3, 0.4) is 0 Å². The number of ether oxygens (including phenoxy) is 1. The van der Waals surface area contributed by atoms with Gasteiger partial charge in [-0.1, -0.05) is 38.4 Å². The number of carbonyl (C=O) groups excluding carboxylic acids is 1. The van der Waals surface area contributed by atoms with E-state index in [1.54, 1.807) is 0 Å². The minimum Gasteiger partial charge on any atom is -0.481 e. The van der Waals surface area contributed by atoms with E-state index >= 15 is 0 Å². The second-order valence-corrected chi connectivity index (χ2v) is 8.29. The molecule has 6 nitrogen and oxygen atoms in total. The first-order valence-corrected chi connectivity index (χ1v) is 10.8. The Morgan fingerprint density at radius 3 is 2.44 bits per heavy atom. The predicted octanol–water partition coefficient (Wildman–Crippen LogP) is 3.04. The quantitative estimate of drug-likeness (QED) is 0.326. The summed E-state index contributed by atoms with van der Waals surface area (Å²) in [6.07, 6.45) is 9.92. The van der Waals surface area contributed by atoms with Crippen LogP contribution in [0.15, 0.2) is 0 Å². The molecule has 0 aromatic rings. The highest BCUT2D eigenvalue weighted by Gasteiger charge is 2.48. The number of nitrogens with one attached hydrogen (secondary N) is 2. The Morgan fingerprint density at radius 2 is 1.74 bits per heavy atom. The maximum atomic E-state index is 12.1. The maximum Gasteiger partial charge on any atom is 0.303 e. The molecule has 4 atom stereocenters. The van der Waals surface area contributed by atoms with Gasteiger partial charge in [0.1, 0.15) is 0 Å². The number of rotatable bonds is 13. The molecule has 0 saturated carbocycles. The van der Waals surface area contributed by atoms with Crippen LogP contribution in [0.5, 0.6) is 0 Å². The summed E-state index contributed by atoms with van der Waals surface area (Å²) in [4.78, 5) is 23.4. The van der Waals surface area contributed by atoms with Crippen LogP contribution >= 0.6 is 12.2 Å². The zero-order chi connectivity index (χ0) is 19.6. The van der Waals surface area contributed by atoms with Gasteiger partial charge in [0.2, 0.25) is 5.91 Å². The SMILES string of the molecule is CCCC(=S)NCC(=O)NC[C@H]1[C@@H](CCCCCCC(=O)O)[C@H]2CC[C@@H]1O2. The molecule has 2 bridgehead atoms. The van der Waals surface area contributed by atoms with Gasteiger partial charge in [0.25, 0.3) is 0 Å². The molecule has 2 saturated heterocycles. The van der Waals surface area contributed by atoms with Crippen molar-refractivity contribution < 1.29 is 19.4 Å². The lowest BCUT2D eigenvalue weighted by Crippen LogP contribution is -2.42. The van der Waals surface area contributed by atoms with Crippen LogP contribution < -0.4 is 10.6 Å². The van der Waals surface area contributed by atoms with Crippen molar-refractivity contribution in [2.45, 2.75) is 83.3 Å². The molecule has 1 amide bonds. The molecule has 7 heteroatoms. The van der Waals surface area contributed by atoms with E-state index in [4.69, 9.17) is 22.1 Å². The first-order chi connectivity index (χ1) is 13.0. The van der Waals surface area contributed by atoms with Crippen molar-refractivity contribution in [3.63, 3.8) is 0 Å². The normalized spacial score (nSPS) is 26.1. The van der Waals surface area contributed by atoms with Crippen LogP contribution in [0, 0.1) is 11.8 Å². The fourth-order valence-electron chi connectivity index (χ4n) is 4.35. The van der Waals surface area contributed by atoms with E-state index in [0.717, 1.165) is 62.8 Å². The second-order valence-electron chi connectivity index (χ2n) is 7.80. The summed E-state index contributed by atoms with van der Waals surface area (Å²) >= 11 is 5.17. The van der Waals surface area contributed by atoms with Gasteiger partial charge >= 0.3 is 5.97 Å². The number of unbranched alkanes of at least 4 members (excludes halogenated alkanes) is 3. The topological polar surface area (TPSA) is 87.7 Å². The molecular weight excluding hydrogens is 364 g/mol. The Bertz CT molecular complexity index is 514. The van der Waals surface area contributed by atoms with Gasteiger partial charge in [-0.3, -0.25) is 9.59 Å². The number of thiocarbonyl (C=S) groups is 1. The molecule has 2 rings (SSSR count). The van der Waals surface area contributed by atoms with Gasteiger partial charge in [-0.15, -0.1) is 0 Å². The largest absolute Gasteiger partial charge is 0.481 e. The molecular formula is C20H34N2O4S. The first-order valence-electron chi connectivity index (χ1n) is 10.4. The average Bonchev–Trinajstić information content (AvgIpc) is 3.22. The molecule has 2 aliphatic heterocycles. The standard InChI is InChI=1S/C20H34N2O4S/c1-2-7-19(27)22-13-18(23)21-12-15-14(16-10-11-17(15)26-16)8-5-3-4-6-9-20(24)25/h14-17H,2-13H2,1H3,(H,21,23)(H,22,27)(H,24,25)/t14-,15+,16-,17+/m1/s1. The van der Waals surface area contributed by atoms with Gasteiger partial charge in [-0.25, -0.2) is 0 Å². The van der Waals surface area contributed by atoms with Crippen molar-refractivity contribution >= 4 is 29.1 Å². The molecule has 0 aliphatic carbocycles. The summed E-state index contributed by atoms with van der Waals surface area (Å²) in [5.74, 6) is 0.188. The van der Waals surface area contributed by atoms with E-state index < -0.39 is 5.97 Å². The molecule has 0 aromatic heterocycles. The van der Waals surface area contributed by atoms with E-state index in [-0.39, 0.29) is 25.0 Å². The lowest BCUT2D eigenvalue weighted by Gasteiger charge is -2.28. The van der Waals surface area contributed by atoms with Gasteiger partial charge in [-0.2, -0.15) is 0 Å². The Morgan fingerprint density at radius 1 is 1.04 bits per heavy atom. The molecule has 0 aromatic carbocycles. The summed E-state index contributed by atoms with van der Waals surface area (Å²) in [6.45, 7) is 2.98. The van der Waals surface area contributed by atoms with Crippen LogP contribution in [0.2, 0.25) is 0 Å². The predicted molar refractivity (Wildman–Crippen MR) is 109 cm³/mol. The van der Waals surface area contributed by atoms with E-state index in [1.807, 2.05) is 0 Å². The Hall–Kier alpha value is -1.21. The van der Waals surface area contributed by atoms with E-state index in [9.17, 15) is 9.59 Å². The van der Waals surface area contributed by atoms with Gasteiger partial charge in [0.15, 0.2) is 0 Å². The second kappa shape index (κ2) is 11.6. The third-order valence-electron chi connectivity index (χ3n) is 5.73. The highest BCUT2D eigenvalue weighted by atomic mass is 32.1. The van der Waals surface area contributed by atoms with Crippen LogP contribution in [-0.2, 0) is 14.3 Å². The molecule has 0 spiro atoms. The van der Waals surface area contributed by atoms with Crippen molar-refractivity contribution in [1.82, 2.24) is 10.6 Å². The summed E-state index contributed by atoms with van der Waals surface area (Å²) < 4.78 is 6.10. The number of carboxylic acids is 1. The van der Waals surface area contributed by atoms with Crippen LogP contribution in [0.4, 0.5) is 0 Å². The van der Waals surface area contributed by atoms with Crippen molar-refractivity contribution in [2.24, 2.45) is 11.8 Å². The molecule has 3 N–H and O–H groups in total. The molecule has 0 unspecified atom stereocenters. The molecule has 2 fully saturated rings. The molecule has 154 valence electrons. The maximum absolute atomic E-state index is 12.1. The lowest BCUT2D eigenvalue weighted by molar-refractivity contribution is -0.137. The molecule has 27 heavy (non-hydrogen) atoms. The fourth-order valence-corrected chi connectivity index (χ4v) is 4.63. The fraction of sp³-hybridized carbons (Fsp3) is 0.850. The summed E-state index contributed by atoms with van der Waals surface area (Å²) in [7, 11) is 0. The lowest BCUT2D eigenvalue weighted by atomic mass is 9.76. The third kappa shape index (κ3) is 7.37. The number of hydrogen-bond acceptors (Lipinski definition) is 4. The summed E-state index contributed by atoms with van der Waals surface area (Å²) in [5, 5.41) is 14.8. The van der Waals surface area contributed by atoms with Crippen molar-refractivity contribution in [3.8, 4) is 0 Å². The van der Waals surface area contributed by atoms with E-state index in [2.05, 4.69) is 17.6 Å².